The van der Waals surface area contributed by atoms with Crippen LogP contribution in [-0.4, -0.2) is 28.8 Å². The summed E-state index contributed by atoms with van der Waals surface area (Å²) < 4.78 is 8.83. The lowest BCUT2D eigenvalue weighted by Gasteiger charge is -2.14. The first kappa shape index (κ1) is 19.9. The number of nitrogens with zero attached hydrogens (tertiary/aromatic N) is 2. The highest BCUT2D eigenvalue weighted by Gasteiger charge is 2.16. The molecule has 154 valence electrons. The number of pyridine rings is 1. The van der Waals surface area contributed by atoms with Gasteiger partial charge >= 0.3 is 0 Å². The van der Waals surface area contributed by atoms with Crippen molar-refractivity contribution in [3.8, 4) is 0 Å². The summed E-state index contributed by atoms with van der Waals surface area (Å²) in [6.07, 6.45) is 3.66. The SMILES string of the molecule is COCCn1cc(C(=O)Nc2cccc3c2ccn3C(C)C)c2ccccc2c1=O. The van der Waals surface area contributed by atoms with E-state index in [-0.39, 0.29) is 11.5 Å². The number of carbonyl (C=O) groups excluding carboxylic acids is 1. The number of ether oxygens (including phenoxy) is 1. The third-order valence-corrected chi connectivity index (χ3v) is 5.34. The van der Waals surface area contributed by atoms with Crippen LogP contribution in [0.1, 0.15) is 30.2 Å². The van der Waals surface area contributed by atoms with E-state index in [0.29, 0.717) is 35.5 Å². The van der Waals surface area contributed by atoms with E-state index in [0.717, 1.165) is 16.6 Å². The first-order valence-electron chi connectivity index (χ1n) is 10.0. The van der Waals surface area contributed by atoms with E-state index in [9.17, 15) is 9.59 Å². The number of aromatic nitrogens is 2. The highest BCUT2D eigenvalue weighted by molar-refractivity contribution is 6.14. The molecule has 2 heterocycles. The zero-order chi connectivity index (χ0) is 21.3. The van der Waals surface area contributed by atoms with Crippen molar-refractivity contribution in [2.45, 2.75) is 26.4 Å². The minimum Gasteiger partial charge on any atom is -0.383 e. The molecule has 0 unspecified atom stereocenters. The summed E-state index contributed by atoms with van der Waals surface area (Å²) in [6, 6.07) is 15.4. The lowest BCUT2D eigenvalue weighted by atomic mass is 10.1. The Balaban J connectivity index is 1.78. The number of nitrogens with one attached hydrogen (secondary N) is 1. The molecule has 1 N–H and O–H groups in total. The predicted octanol–water partition coefficient (Wildman–Crippen LogP) is 4.44. The summed E-state index contributed by atoms with van der Waals surface area (Å²) in [5.41, 5.74) is 2.14. The Morgan fingerprint density at radius 1 is 1.03 bits per heavy atom. The number of carbonyl (C=O) groups is 1. The van der Waals surface area contributed by atoms with Crippen LogP contribution in [0.4, 0.5) is 5.69 Å². The van der Waals surface area contributed by atoms with Crippen molar-refractivity contribution < 1.29 is 9.53 Å². The lowest BCUT2D eigenvalue weighted by molar-refractivity contribution is 0.102. The minimum atomic E-state index is -0.248. The molecule has 1 amide bonds. The molecule has 0 saturated heterocycles. The van der Waals surface area contributed by atoms with Gasteiger partial charge < -0.3 is 19.2 Å². The van der Waals surface area contributed by atoms with Gasteiger partial charge in [-0.15, -0.1) is 0 Å². The molecule has 0 spiro atoms. The Hall–Kier alpha value is -3.38. The molecule has 0 aliphatic rings. The minimum absolute atomic E-state index is 0.129. The van der Waals surface area contributed by atoms with Crippen molar-refractivity contribution in [2.24, 2.45) is 0 Å². The van der Waals surface area contributed by atoms with Crippen molar-refractivity contribution in [1.82, 2.24) is 9.13 Å². The zero-order valence-corrected chi connectivity index (χ0v) is 17.4. The summed E-state index contributed by atoms with van der Waals surface area (Å²) >= 11 is 0. The Kier molecular flexibility index (Phi) is 5.42. The second-order valence-corrected chi connectivity index (χ2v) is 7.59. The summed E-state index contributed by atoms with van der Waals surface area (Å²) in [5, 5.41) is 5.19. The second kappa shape index (κ2) is 8.16. The summed E-state index contributed by atoms with van der Waals surface area (Å²) in [6.45, 7) is 5.02. The fourth-order valence-electron chi connectivity index (χ4n) is 3.82. The molecule has 0 bridgehead atoms. The Labute approximate surface area is 174 Å². The van der Waals surface area contributed by atoms with Gasteiger partial charge in [-0.05, 0) is 38.1 Å². The molecule has 4 aromatic rings. The van der Waals surface area contributed by atoms with E-state index in [1.165, 1.54) is 4.57 Å². The van der Waals surface area contributed by atoms with Gasteiger partial charge in [0.15, 0.2) is 0 Å². The number of rotatable bonds is 6. The standard InChI is InChI=1S/C24H25N3O3/c1-16(2)27-12-11-19-21(9-6-10-22(19)27)25-23(28)20-15-26(13-14-30-3)24(29)18-8-5-4-7-17(18)20/h4-12,15-16H,13-14H2,1-3H3,(H,25,28). The maximum Gasteiger partial charge on any atom is 0.258 e. The number of methoxy groups -OCH3 is 1. The maximum atomic E-state index is 13.3. The van der Waals surface area contributed by atoms with Crippen LogP contribution in [-0.2, 0) is 11.3 Å². The first-order valence-corrected chi connectivity index (χ1v) is 10.0. The van der Waals surface area contributed by atoms with Gasteiger partial charge in [-0.2, -0.15) is 0 Å². The van der Waals surface area contributed by atoms with E-state index in [1.54, 1.807) is 25.4 Å². The molecule has 0 radical (unpaired) electrons. The number of benzene rings is 2. The van der Waals surface area contributed by atoms with Gasteiger partial charge in [0.05, 0.1) is 23.4 Å². The number of hydrogen-bond donors (Lipinski definition) is 1. The molecular formula is C24H25N3O3. The molecule has 0 fully saturated rings. The maximum absolute atomic E-state index is 13.3. The Bertz CT molecular complexity index is 1280. The van der Waals surface area contributed by atoms with Crippen LogP contribution in [0.3, 0.4) is 0 Å². The van der Waals surface area contributed by atoms with E-state index in [4.69, 9.17) is 4.74 Å². The zero-order valence-electron chi connectivity index (χ0n) is 17.4. The molecule has 0 aliphatic heterocycles. The van der Waals surface area contributed by atoms with Crippen LogP contribution in [0.5, 0.6) is 0 Å². The number of fused-ring (bicyclic) bond motifs is 2. The van der Waals surface area contributed by atoms with Crippen molar-refractivity contribution in [2.75, 3.05) is 19.0 Å². The fraction of sp³-hybridized carbons (Fsp3) is 0.250. The average Bonchev–Trinajstić information content (AvgIpc) is 3.19. The first-order chi connectivity index (χ1) is 14.5. The van der Waals surface area contributed by atoms with Crippen LogP contribution < -0.4 is 10.9 Å². The van der Waals surface area contributed by atoms with Crippen molar-refractivity contribution in [1.29, 1.82) is 0 Å². The molecule has 2 aromatic heterocycles. The summed E-state index contributed by atoms with van der Waals surface area (Å²) in [5.74, 6) is -0.248. The van der Waals surface area contributed by atoms with Gasteiger partial charge in [-0.3, -0.25) is 9.59 Å². The normalized spacial score (nSPS) is 11.5. The molecule has 2 aromatic carbocycles. The fourth-order valence-corrected chi connectivity index (χ4v) is 3.82. The molecule has 30 heavy (non-hydrogen) atoms. The van der Waals surface area contributed by atoms with E-state index in [2.05, 4.69) is 23.7 Å². The van der Waals surface area contributed by atoms with Gasteiger partial charge in [0, 0.05) is 48.2 Å². The van der Waals surface area contributed by atoms with Gasteiger partial charge in [-0.1, -0.05) is 24.3 Å². The highest BCUT2D eigenvalue weighted by atomic mass is 16.5. The van der Waals surface area contributed by atoms with Crippen molar-refractivity contribution in [3.05, 3.63) is 76.8 Å². The van der Waals surface area contributed by atoms with Gasteiger partial charge in [-0.25, -0.2) is 0 Å². The highest BCUT2D eigenvalue weighted by Crippen LogP contribution is 2.27. The van der Waals surface area contributed by atoms with Crippen LogP contribution >= 0.6 is 0 Å². The lowest BCUT2D eigenvalue weighted by Crippen LogP contribution is -2.25. The molecule has 0 atom stereocenters. The molecule has 4 rings (SSSR count). The van der Waals surface area contributed by atoms with Crippen molar-refractivity contribution in [3.63, 3.8) is 0 Å². The Morgan fingerprint density at radius 3 is 2.53 bits per heavy atom. The summed E-state index contributed by atoms with van der Waals surface area (Å²) in [7, 11) is 1.59. The van der Waals surface area contributed by atoms with Crippen LogP contribution in [0.25, 0.3) is 21.7 Å². The third-order valence-electron chi connectivity index (χ3n) is 5.34. The molecular weight excluding hydrogens is 378 g/mol. The van der Waals surface area contributed by atoms with E-state index in [1.807, 2.05) is 42.6 Å². The third kappa shape index (κ3) is 3.50. The quantitative estimate of drug-likeness (QED) is 0.518. The van der Waals surface area contributed by atoms with Crippen LogP contribution in [0.15, 0.2) is 65.7 Å². The van der Waals surface area contributed by atoms with E-state index >= 15 is 0 Å². The van der Waals surface area contributed by atoms with Crippen LogP contribution in [0.2, 0.25) is 0 Å². The molecule has 0 saturated carbocycles. The number of hydrogen-bond acceptors (Lipinski definition) is 3. The molecule has 6 heteroatoms. The van der Waals surface area contributed by atoms with E-state index < -0.39 is 0 Å². The van der Waals surface area contributed by atoms with Crippen molar-refractivity contribution >= 4 is 33.3 Å². The topological polar surface area (TPSA) is 65.3 Å². The predicted molar refractivity (Wildman–Crippen MR) is 120 cm³/mol. The largest absolute Gasteiger partial charge is 0.383 e. The number of amides is 1. The summed E-state index contributed by atoms with van der Waals surface area (Å²) in [4.78, 5) is 26.1. The second-order valence-electron chi connectivity index (χ2n) is 7.59. The smallest absolute Gasteiger partial charge is 0.258 e. The number of anilines is 1. The van der Waals surface area contributed by atoms with Gasteiger partial charge in [0.1, 0.15) is 0 Å². The monoisotopic (exact) mass is 403 g/mol. The van der Waals surface area contributed by atoms with Crippen LogP contribution in [0, 0.1) is 0 Å². The molecule has 6 nitrogen and oxygen atoms in total. The van der Waals surface area contributed by atoms with Gasteiger partial charge in [0.2, 0.25) is 0 Å². The Morgan fingerprint density at radius 2 is 1.80 bits per heavy atom. The molecule has 0 aliphatic carbocycles. The van der Waals surface area contributed by atoms with Gasteiger partial charge in [0.25, 0.3) is 11.5 Å². The average molecular weight is 403 g/mol.